The molecule has 0 aromatic heterocycles. The normalized spacial score (nSPS) is 49.4. The molecule has 128 valence electrons. The fraction of sp³-hybridized carbons (Fsp3) is 0.857. The quantitative estimate of drug-likeness (QED) is 0.606. The first-order valence-electron chi connectivity index (χ1n) is 9.79. The average Bonchev–Trinajstić information content (AvgIpc) is 2.85. The minimum Gasteiger partial charge on any atom is -0.300 e. The maximum atomic E-state index is 14.9. The number of carbonyl (C=O) groups is 1. The van der Waals surface area contributed by atoms with Crippen LogP contribution in [0.3, 0.4) is 0 Å². The fourth-order valence-corrected chi connectivity index (χ4v) is 7.17. The lowest BCUT2D eigenvalue weighted by Gasteiger charge is -2.53. The molecule has 7 unspecified atom stereocenters. The predicted molar refractivity (Wildman–Crippen MR) is 90.5 cm³/mol. The second-order valence-corrected chi connectivity index (χ2v) is 9.35. The minimum absolute atomic E-state index is 0.146. The summed E-state index contributed by atoms with van der Waals surface area (Å²) in [5.74, 6) is 3.78. The Kier molecular flexibility index (Phi) is 3.74. The fourth-order valence-electron chi connectivity index (χ4n) is 7.17. The first-order valence-corrected chi connectivity index (χ1v) is 9.79. The van der Waals surface area contributed by atoms with Crippen LogP contribution in [0.1, 0.15) is 72.1 Å². The molecule has 0 amide bonds. The predicted octanol–water partition coefficient (Wildman–Crippen LogP) is 5.70. The second kappa shape index (κ2) is 5.43. The Morgan fingerprint density at radius 1 is 1.09 bits per heavy atom. The van der Waals surface area contributed by atoms with E-state index in [0.717, 1.165) is 19.3 Å². The summed E-state index contributed by atoms with van der Waals surface area (Å²) >= 11 is 0. The highest BCUT2D eigenvalue weighted by atomic mass is 19.1. The molecule has 2 heteroatoms. The van der Waals surface area contributed by atoms with Crippen molar-refractivity contribution in [3.63, 3.8) is 0 Å². The van der Waals surface area contributed by atoms with E-state index in [4.69, 9.17) is 0 Å². The largest absolute Gasteiger partial charge is 0.300 e. The molecule has 3 saturated carbocycles. The molecule has 4 rings (SSSR count). The molecule has 0 heterocycles. The smallest absolute Gasteiger partial charge is 0.133 e. The summed E-state index contributed by atoms with van der Waals surface area (Å²) in [6.45, 7) is 6.38. The zero-order valence-corrected chi connectivity index (χ0v) is 14.9. The maximum absolute atomic E-state index is 14.9. The van der Waals surface area contributed by atoms with E-state index < -0.39 is 0 Å². The molecule has 0 saturated heterocycles. The number of halogens is 1. The number of allylic oxidation sites excluding steroid dienone is 2. The Labute approximate surface area is 140 Å². The summed E-state index contributed by atoms with van der Waals surface area (Å²) in [7, 11) is 0. The third-order valence-electron chi connectivity index (χ3n) is 8.25. The molecular formula is C21H31FO. The highest BCUT2D eigenvalue weighted by Crippen LogP contribution is 2.64. The van der Waals surface area contributed by atoms with Crippen LogP contribution in [-0.2, 0) is 4.79 Å². The van der Waals surface area contributed by atoms with Gasteiger partial charge in [0.1, 0.15) is 5.78 Å². The Morgan fingerprint density at radius 2 is 1.87 bits per heavy atom. The van der Waals surface area contributed by atoms with Crippen molar-refractivity contribution in [3.05, 3.63) is 11.4 Å². The molecule has 0 aromatic carbocycles. The minimum atomic E-state index is 0.146. The summed E-state index contributed by atoms with van der Waals surface area (Å²) < 4.78 is 14.9. The van der Waals surface area contributed by atoms with E-state index in [-0.39, 0.29) is 17.2 Å². The van der Waals surface area contributed by atoms with Gasteiger partial charge in [0.2, 0.25) is 0 Å². The zero-order chi connectivity index (χ0) is 16.4. The first kappa shape index (κ1) is 15.8. The van der Waals surface area contributed by atoms with Gasteiger partial charge in [0.25, 0.3) is 0 Å². The van der Waals surface area contributed by atoms with Crippen LogP contribution in [0.4, 0.5) is 4.39 Å². The van der Waals surface area contributed by atoms with Crippen molar-refractivity contribution >= 4 is 5.78 Å². The van der Waals surface area contributed by atoms with Crippen LogP contribution in [0, 0.1) is 40.9 Å². The van der Waals surface area contributed by atoms with Crippen LogP contribution in [0.15, 0.2) is 11.4 Å². The molecular weight excluding hydrogens is 287 g/mol. The summed E-state index contributed by atoms with van der Waals surface area (Å²) in [5.41, 5.74) is 1.34. The van der Waals surface area contributed by atoms with Crippen molar-refractivity contribution in [3.8, 4) is 0 Å². The molecule has 0 N–H and O–H groups in total. The third-order valence-corrected chi connectivity index (χ3v) is 8.25. The highest BCUT2D eigenvalue weighted by Gasteiger charge is 2.57. The van der Waals surface area contributed by atoms with Gasteiger partial charge in [-0.1, -0.05) is 13.8 Å². The van der Waals surface area contributed by atoms with Crippen molar-refractivity contribution in [2.24, 2.45) is 40.9 Å². The van der Waals surface area contributed by atoms with Crippen LogP contribution in [0.5, 0.6) is 0 Å². The molecule has 23 heavy (non-hydrogen) atoms. The maximum Gasteiger partial charge on any atom is 0.133 e. The lowest BCUT2D eigenvalue weighted by molar-refractivity contribution is -0.126. The van der Waals surface area contributed by atoms with Gasteiger partial charge in [0.05, 0.1) is 5.83 Å². The molecule has 7 atom stereocenters. The van der Waals surface area contributed by atoms with Crippen molar-refractivity contribution in [1.82, 2.24) is 0 Å². The van der Waals surface area contributed by atoms with Crippen molar-refractivity contribution in [2.45, 2.75) is 72.1 Å². The van der Waals surface area contributed by atoms with Gasteiger partial charge in [0, 0.05) is 12.3 Å². The topological polar surface area (TPSA) is 17.1 Å². The van der Waals surface area contributed by atoms with E-state index in [9.17, 15) is 9.18 Å². The van der Waals surface area contributed by atoms with Crippen LogP contribution >= 0.6 is 0 Å². The van der Waals surface area contributed by atoms with Gasteiger partial charge in [-0.05, 0) is 92.4 Å². The van der Waals surface area contributed by atoms with Crippen LogP contribution in [-0.4, -0.2) is 5.78 Å². The van der Waals surface area contributed by atoms with Crippen molar-refractivity contribution in [1.29, 1.82) is 0 Å². The van der Waals surface area contributed by atoms with E-state index in [1.165, 1.54) is 31.3 Å². The van der Waals surface area contributed by atoms with Gasteiger partial charge in [-0.25, -0.2) is 4.39 Å². The van der Waals surface area contributed by atoms with Gasteiger partial charge in [-0.3, -0.25) is 4.79 Å². The summed E-state index contributed by atoms with van der Waals surface area (Å²) in [5, 5.41) is 0. The number of Topliss-reactive ketones (excluding diaryl/α,β-unsaturated/α-hetero) is 1. The lowest BCUT2D eigenvalue weighted by atomic mass is 9.51. The number of ketones is 1. The molecule has 3 fully saturated rings. The second-order valence-electron chi connectivity index (χ2n) is 9.35. The van der Waals surface area contributed by atoms with Crippen LogP contribution in [0.25, 0.3) is 0 Å². The number of carbonyl (C=O) groups excluding carboxylic acids is 1. The molecule has 0 aromatic rings. The lowest BCUT2D eigenvalue weighted by Crippen LogP contribution is -2.47. The molecule has 4 aliphatic rings. The van der Waals surface area contributed by atoms with E-state index in [1.54, 1.807) is 6.92 Å². The number of fused-ring (bicyclic) bond motifs is 5. The number of rotatable bonds is 1. The highest BCUT2D eigenvalue weighted by molar-refractivity contribution is 5.79. The first-order chi connectivity index (χ1) is 10.9. The molecule has 0 radical (unpaired) electrons. The molecule has 0 aliphatic heterocycles. The monoisotopic (exact) mass is 318 g/mol. The van der Waals surface area contributed by atoms with Gasteiger partial charge in [-0.2, -0.15) is 0 Å². The SMILES string of the molecule is CC(=O)C1CCC2C3CC(F)=C4CC(C)CCC4C3CCC12C. The van der Waals surface area contributed by atoms with Crippen molar-refractivity contribution < 1.29 is 9.18 Å². The molecule has 4 aliphatic carbocycles. The third kappa shape index (κ3) is 2.27. The standard InChI is InChI=1S/C21H31FO/c1-12-4-5-14-15-8-9-21(3)18(13(2)23)6-7-19(21)16(15)11-20(22)17(14)10-12/h12,14-16,18-19H,4-11H2,1-3H3. The van der Waals surface area contributed by atoms with E-state index >= 15 is 0 Å². The Bertz CT molecular complexity index is 550. The number of hydrogen-bond donors (Lipinski definition) is 0. The van der Waals surface area contributed by atoms with E-state index in [1.807, 2.05) is 0 Å². The molecule has 0 spiro atoms. The van der Waals surface area contributed by atoms with Crippen LogP contribution < -0.4 is 0 Å². The van der Waals surface area contributed by atoms with Gasteiger partial charge >= 0.3 is 0 Å². The van der Waals surface area contributed by atoms with Crippen LogP contribution in [0.2, 0.25) is 0 Å². The Hall–Kier alpha value is -0.660. The van der Waals surface area contributed by atoms with E-state index in [2.05, 4.69) is 13.8 Å². The summed E-state index contributed by atoms with van der Waals surface area (Å²) in [4.78, 5) is 12.1. The Morgan fingerprint density at radius 3 is 2.61 bits per heavy atom. The van der Waals surface area contributed by atoms with E-state index in [0.29, 0.717) is 41.8 Å². The number of hydrogen-bond acceptors (Lipinski definition) is 1. The Balaban J connectivity index is 1.65. The zero-order valence-electron chi connectivity index (χ0n) is 14.9. The average molecular weight is 318 g/mol. The van der Waals surface area contributed by atoms with Gasteiger partial charge in [-0.15, -0.1) is 0 Å². The summed E-state index contributed by atoms with van der Waals surface area (Å²) in [6.07, 6.45) is 8.73. The van der Waals surface area contributed by atoms with Gasteiger partial charge < -0.3 is 0 Å². The van der Waals surface area contributed by atoms with Crippen molar-refractivity contribution in [2.75, 3.05) is 0 Å². The molecule has 1 nitrogen and oxygen atoms in total. The van der Waals surface area contributed by atoms with Gasteiger partial charge in [0.15, 0.2) is 0 Å². The summed E-state index contributed by atoms with van der Waals surface area (Å²) in [6, 6.07) is 0. The molecule has 0 bridgehead atoms.